The van der Waals surface area contributed by atoms with E-state index in [0.717, 1.165) is 27.9 Å². The SMILES string of the molecule is CCc1ccc(Cn2cnc3scc(-c4ccccc4)c3c2=O)cc1. The fraction of sp³-hybridized carbons (Fsp3) is 0.143. The maximum Gasteiger partial charge on any atom is 0.263 e. The molecule has 0 atom stereocenters. The average molecular weight is 346 g/mol. The largest absolute Gasteiger partial charge is 0.294 e. The molecule has 0 radical (unpaired) electrons. The van der Waals surface area contributed by atoms with E-state index in [4.69, 9.17) is 0 Å². The first-order valence-corrected chi connectivity index (χ1v) is 9.24. The minimum atomic E-state index is 0.0182. The molecule has 0 aliphatic carbocycles. The number of rotatable bonds is 4. The summed E-state index contributed by atoms with van der Waals surface area (Å²) >= 11 is 1.52. The lowest BCUT2D eigenvalue weighted by Crippen LogP contribution is -2.20. The van der Waals surface area contributed by atoms with Crippen molar-refractivity contribution in [3.8, 4) is 11.1 Å². The van der Waals surface area contributed by atoms with Crippen molar-refractivity contribution in [1.29, 1.82) is 0 Å². The molecule has 0 N–H and O–H groups in total. The Morgan fingerprint density at radius 2 is 1.72 bits per heavy atom. The maximum atomic E-state index is 13.0. The molecule has 0 saturated carbocycles. The van der Waals surface area contributed by atoms with Crippen molar-refractivity contribution in [2.24, 2.45) is 0 Å². The fourth-order valence-corrected chi connectivity index (χ4v) is 3.89. The lowest BCUT2D eigenvalue weighted by atomic mass is 10.1. The zero-order chi connectivity index (χ0) is 17.2. The molecule has 2 heterocycles. The predicted octanol–water partition coefficient (Wildman–Crippen LogP) is 4.74. The second-order valence-corrected chi connectivity index (χ2v) is 6.90. The van der Waals surface area contributed by atoms with Gasteiger partial charge in [0.15, 0.2) is 0 Å². The molecule has 0 aliphatic heterocycles. The third kappa shape index (κ3) is 3.01. The molecule has 2 aromatic carbocycles. The van der Waals surface area contributed by atoms with Crippen LogP contribution in [0.2, 0.25) is 0 Å². The Balaban J connectivity index is 1.78. The van der Waals surface area contributed by atoms with Gasteiger partial charge < -0.3 is 0 Å². The molecule has 4 rings (SSSR count). The lowest BCUT2D eigenvalue weighted by Gasteiger charge is -2.07. The number of aromatic nitrogens is 2. The van der Waals surface area contributed by atoms with E-state index in [-0.39, 0.29) is 5.56 Å². The highest BCUT2D eigenvalue weighted by Crippen LogP contribution is 2.30. The molecule has 0 fully saturated rings. The summed E-state index contributed by atoms with van der Waals surface area (Å²) in [5.41, 5.74) is 4.45. The minimum Gasteiger partial charge on any atom is -0.294 e. The van der Waals surface area contributed by atoms with Crippen molar-refractivity contribution in [2.75, 3.05) is 0 Å². The molecule has 3 nitrogen and oxygen atoms in total. The van der Waals surface area contributed by atoms with E-state index in [2.05, 4.69) is 36.2 Å². The second-order valence-electron chi connectivity index (χ2n) is 6.04. The molecule has 25 heavy (non-hydrogen) atoms. The predicted molar refractivity (Wildman–Crippen MR) is 104 cm³/mol. The van der Waals surface area contributed by atoms with Crippen molar-refractivity contribution in [3.63, 3.8) is 0 Å². The van der Waals surface area contributed by atoms with Crippen LogP contribution in [0, 0.1) is 0 Å². The first-order chi connectivity index (χ1) is 12.3. The van der Waals surface area contributed by atoms with E-state index in [1.54, 1.807) is 10.9 Å². The first kappa shape index (κ1) is 15.8. The smallest absolute Gasteiger partial charge is 0.263 e. The molecule has 2 aromatic heterocycles. The van der Waals surface area contributed by atoms with Gasteiger partial charge in [-0.25, -0.2) is 4.98 Å². The van der Waals surface area contributed by atoms with Crippen LogP contribution in [0.4, 0.5) is 0 Å². The topological polar surface area (TPSA) is 34.9 Å². The van der Waals surface area contributed by atoms with E-state index in [9.17, 15) is 4.79 Å². The summed E-state index contributed by atoms with van der Waals surface area (Å²) in [6.45, 7) is 2.68. The van der Waals surface area contributed by atoms with E-state index in [1.807, 2.05) is 35.7 Å². The first-order valence-electron chi connectivity index (χ1n) is 8.36. The third-order valence-corrected chi connectivity index (χ3v) is 5.32. The van der Waals surface area contributed by atoms with E-state index in [1.165, 1.54) is 16.9 Å². The molecule has 124 valence electrons. The molecule has 0 saturated heterocycles. The van der Waals surface area contributed by atoms with Gasteiger partial charge in [0.25, 0.3) is 5.56 Å². The van der Waals surface area contributed by atoms with Crippen molar-refractivity contribution in [3.05, 3.63) is 87.8 Å². The molecule has 0 aliphatic rings. The van der Waals surface area contributed by atoms with Crippen LogP contribution in [0.3, 0.4) is 0 Å². The van der Waals surface area contributed by atoms with Crippen molar-refractivity contribution in [1.82, 2.24) is 9.55 Å². The van der Waals surface area contributed by atoms with Gasteiger partial charge in [0.05, 0.1) is 18.3 Å². The van der Waals surface area contributed by atoms with Crippen LogP contribution in [0.25, 0.3) is 21.3 Å². The van der Waals surface area contributed by atoms with Crippen LogP contribution in [0.5, 0.6) is 0 Å². The number of hydrogen-bond donors (Lipinski definition) is 0. The standard InChI is InChI=1S/C21H18N2OS/c1-2-15-8-10-16(11-9-15)12-23-14-22-20-19(21(23)24)18(13-25-20)17-6-4-3-5-7-17/h3-11,13-14H,2,12H2,1H3. The minimum absolute atomic E-state index is 0.0182. The summed E-state index contributed by atoms with van der Waals surface area (Å²) in [5, 5.41) is 2.73. The van der Waals surface area contributed by atoms with Crippen LogP contribution in [-0.2, 0) is 13.0 Å². The Hall–Kier alpha value is -2.72. The van der Waals surface area contributed by atoms with Crippen molar-refractivity contribution < 1.29 is 0 Å². The van der Waals surface area contributed by atoms with Gasteiger partial charge >= 0.3 is 0 Å². The molecule has 0 amide bonds. The number of benzene rings is 2. The molecule has 0 spiro atoms. The van der Waals surface area contributed by atoms with Gasteiger partial charge in [-0.1, -0.05) is 61.5 Å². The molecular formula is C21H18N2OS. The normalized spacial score (nSPS) is 11.1. The average Bonchev–Trinajstić information content (AvgIpc) is 3.10. The van der Waals surface area contributed by atoms with Crippen LogP contribution >= 0.6 is 11.3 Å². The van der Waals surface area contributed by atoms with Gasteiger partial charge in [0, 0.05) is 10.9 Å². The molecule has 0 unspecified atom stereocenters. The summed E-state index contributed by atoms with van der Waals surface area (Å²) in [6.07, 6.45) is 2.67. The van der Waals surface area contributed by atoms with Gasteiger partial charge in [-0.15, -0.1) is 11.3 Å². The summed E-state index contributed by atoms with van der Waals surface area (Å²) in [4.78, 5) is 18.3. The monoisotopic (exact) mass is 346 g/mol. The zero-order valence-electron chi connectivity index (χ0n) is 14.0. The van der Waals surface area contributed by atoms with Gasteiger partial charge in [-0.05, 0) is 23.1 Å². The summed E-state index contributed by atoms with van der Waals surface area (Å²) in [5.74, 6) is 0. The molecule has 4 heteroatoms. The third-order valence-electron chi connectivity index (χ3n) is 4.43. The van der Waals surface area contributed by atoms with E-state index >= 15 is 0 Å². The quantitative estimate of drug-likeness (QED) is 0.535. The lowest BCUT2D eigenvalue weighted by molar-refractivity contribution is 0.749. The van der Waals surface area contributed by atoms with E-state index in [0.29, 0.717) is 11.9 Å². The van der Waals surface area contributed by atoms with Gasteiger partial charge in [-0.2, -0.15) is 0 Å². The zero-order valence-corrected chi connectivity index (χ0v) is 14.8. The van der Waals surface area contributed by atoms with Crippen LogP contribution < -0.4 is 5.56 Å². The number of hydrogen-bond acceptors (Lipinski definition) is 3. The number of aryl methyl sites for hydroxylation is 1. The highest BCUT2D eigenvalue weighted by molar-refractivity contribution is 7.17. The van der Waals surface area contributed by atoms with Gasteiger partial charge in [-0.3, -0.25) is 9.36 Å². The van der Waals surface area contributed by atoms with Crippen molar-refractivity contribution in [2.45, 2.75) is 19.9 Å². The Bertz CT molecular complexity index is 1060. The fourth-order valence-electron chi connectivity index (χ4n) is 2.99. The summed E-state index contributed by atoms with van der Waals surface area (Å²) in [7, 11) is 0. The molecular weight excluding hydrogens is 328 g/mol. The van der Waals surface area contributed by atoms with Gasteiger partial charge in [0.2, 0.25) is 0 Å². The Morgan fingerprint density at radius 1 is 1.00 bits per heavy atom. The highest BCUT2D eigenvalue weighted by atomic mass is 32.1. The van der Waals surface area contributed by atoms with Crippen molar-refractivity contribution >= 4 is 21.6 Å². The second kappa shape index (κ2) is 6.65. The maximum absolute atomic E-state index is 13.0. The molecule has 0 bridgehead atoms. The number of nitrogens with zero attached hydrogens (tertiary/aromatic N) is 2. The Morgan fingerprint density at radius 3 is 2.44 bits per heavy atom. The summed E-state index contributed by atoms with van der Waals surface area (Å²) in [6, 6.07) is 18.4. The van der Waals surface area contributed by atoms with Crippen LogP contribution in [0.1, 0.15) is 18.1 Å². The Labute approximate surface area is 150 Å². The Kier molecular flexibility index (Phi) is 4.20. The van der Waals surface area contributed by atoms with Crippen LogP contribution in [0.15, 0.2) is 71.1 Å². The van der Waals surface area contributed by atoms with Crippen LogP contribution in [-0.4, -0.2) is 9.55 Å². The van der Waals surface area contributed by atoms with E-state index < -0.39 is 0 Å². The number of fused-ring (bicyclic) bond motifs is 1. The van der Waals surface area contributed by atoms with Gasteiger partial charge in [0.1, 0.15) is 4.83 Å². The summed E-state index contributed by atoms with van der Waals surface area (Å²) < 4.78 is 1.70. The highest BCUT2D eigenvalue weighted by Gasteiger charge is 2.13. The number of thiophene rings is 1. The molecule has 4 aromatic rings.